The number of rotatable bonds is 7. The maximum atomic E-state index is 14.0. The molecule has 0 fully saturated rings. The fourth-order valence-corrected chi connectivity index (χ4v) is 5.16. The third-order valence-electron chi connectivity index (χ3n) is 7.37. The molecule has 0 radical (unpaired) electrons. The highest BCUT2D eigenvalue weighted by atomic mass is 19.2. The molecule has 0 bridgehead atoms. The van der Waals surface area contributed by atoms with Gasteiger partial charge >= 0.3 is 6.03 Å². The predicted molar refractivity (Wildman–Crippen MR) is 160 cm³/mol. The quantitative estimate of drug-likeness (QED) is 0.259. The first-order valence-corrected chi connectivity index (χ1v) is 13.9. The van der Waals surface area contributed by atoms with Crippen LogP contribution < -0.4 is 16.2 Å². The Morgan fingerprint density at radius 1 is 0.907 bits per heavy atom. The van der Waals surface area contributed by atoms with E-state index < -0.39 is 17.7 Å². The monoisotopic (exact) mass is 578 g/mol. The molecular weight excluding hydrogens is 550 g/mol. The van der Waals surface area contributed by atoms with Crippen molar-refractivity contribution in [2.24, 2.45) is 0 Å². The Kier molecular flexibility index (Phi) is 7.90. The maximum Gasteiger partial charge on any atom is 0.322 e. The molecule has 43 heavy (non-hydrogen) atoms. The fraction of sp³-hybridized carbons (Fsp3) is 0.152. The highest BCUT2D eigenvalue weighted by molar-refractivity contribution is 5.89. The van der Waals surface area contributed by atoms with Crippen molar-refractivity contribution in [2.45, 2.75) is 25.9 Å². The Morgan fingerprint density at radius 3 is 2.47 bits per heavy atom. The summed E-state index contributed by atoms with van der Waals surface area (Å²) in [6.07, 6.45) is 4.68. The van der Waals surface area contributed by atoms with Gasteiger partial charge in [-0.1, -0.05) is 48.5 Å². The molecule has 5 aromatic rings. The van der Waals surface area contributed by atoms with Gasteiger partial charge in [0.25, 0.3) is 5.56 Å². The van der Waals surface area contributed by atoms with Gasteiger partial charge in [-0.15, -0.1) is 0 Å². The van der Waals surface area contributed by atoms with E-state index in [1.807, 2.05) is 66.9 Å². The van der Waals surface area contributed by atoms with Gasteiger partial charge in [-0.2, -0.15) is 0 Å². The van der Waals surface area contributed by atoms with E-state index in [1.165, 1.54) is 15.5 Å². The minimum Gasteiger partial charge on any atom is -0.351 e. The Hall–Kier alpha value is -5.38. The Balaban J connectivity index is 1.28. The molecule has 2 amide bonds. The molecular formula is C33H28F2N6O2. The largest absolute Gasteiger partial charge is 0.351 e. The molecule has 0 saturated carbocycles. The van der Waals surface area contributed by atoms with Crippen LogP contribution in [0.2, 0.25) is 0 Å². The molecule has 0 unspecified atom stereocenters. The highest BCUT2D eigenvalue weighted by Gasteiger charge is 2.27. The van der Waals surface area contributed by atoms with Crippen molar-refractivity contribution >= 4 is 17.7 Å². The van der Waals surface area contributed by atoms with Gasteiger partial charge in [0.2, 0.25) is 5.95 Å². The predicted octanol–water partition coefficient (Wildman–Crippen LogP) is 5.70. The average molecular weight is 579 g/mol. The minimum atomic E-state index is -1.06. The molecule has 2 aromatic heterocycles. The molecule has 6 rings (SSSR count). The summed E-state index contributed by atoms with van der Waals surface area (Å²) in [4.78, 5) is 37.5. The number of hydrogen-bond acceptors (Lipinski definition) is 5. The number of aromatic nitrogens is 3. The lowest BCUT2D eigenvalue weighted by atomic mass is 10.0. The van der Waals surface area contributed by atoms with Gasteiger partial charge in [-0.25, -0.2) is 23.1 Å². The smallest absolute Gasteiger partial charge is 0.322 e. The average Bonchev–Trinajstić information content (AvgIpc) is 3.03. The number of urea groups is 1. The normalized spacial score (nSPS) is 12.5. The van der Waals surface area contributed by atoms with E-state index in [1.54, 1.807) is 6.20 Å². The van der Waals surface area contributed by atoms with Crippen LogP contribution in [0, 0.1) is 11.6 Å². The Morgan fingerprint density at radius 2 is 1.70 bits per heavy atom. The third kappa shape index (κ3) is 6.13. The van der Waals surface area contributed by atoms with Crippen molar-refractivity contribution in [1.82, 2.24) is 19.4 Å². The topological polar surface area (TPSA) is 92.2 Å². The number of hydrogen-bond donors (Lipinski definition) is 2. The molecule has 3 aromatic carbocycles. The van der Waals surface area contributed by atoms with Crippen molar-refractivity contribution in [3.05, 3.63) is 147 Å². The van der Waals surface area contributed by atoms with Crippen LogP contribution in [0.4, 0.5) is 25.2 Å². The first-order chi connectivity index (χ1) is 21.0. The standard InChI is InChI=1S/C33H28F2N6O2/c34-28-13-12-25(18-29(28)35)38-33(43)40-16-14-30-27(21-40)31(42)41(26-10-2-1-3-11-26)32(39-30)37-20-24-9-5-4-8-23(24)17-22-7-6-15-36-19-22/h1-13,15,18-19H,14,16-17,20-21H2,(H,37,39)(H,38,43). The van der Waals surface area contributed by atoms with Crippen LogP contribution in [0.15, 0.2) is 102 Å². The molecule has 2 N–H and O–H groups in total. The molecule has 3 heterocycles. The molecule has 0 spiro atoms. The number of para-hydroxylation sites is 1. The zero-order chi connectivity index (χ0) is 29.8. The van der Waals surface area contributed by atoms with E-state index in [4.69, 9.17) is 4.98 Å². The van der Waals surface area contributed by atoms with Crippen LogP contribution in [0.1, 0.15) is 27.9 Å². The number of halogens is 2. The van der Waals surface area contributed by atoms with Crippen molar-refractivity contribution in [2.75, 3.05) is 17.2 Å². The minimum absolute atomic E-state index is 0.0255. The second-order valence-corrected chi connectivity index (χ2v) is 10.2. The summed E-state index contributed by atoms with van der Waals surface area (Å²) in [6.45, 7) is 0.771. The molecule has 216 valence electrons. The number of nitrogens with one attached hydrogen (secondary N) is 2. The van der Waals surface area contributed by atoms with Crippen LogP contribution >= 0.6 is 0 Å². The SMILES string of the molecule is O=C(Nc1ccc(F)c(F)c1)N1CCc2nc(NCc3ccccc3Cc3cccnc3)n(-c3ccccc3)c(=O)c2C1. The summed E-state index contributed by atoms with van der Waals surface area (Å²) < 4.78 is 28.5. The molecule has 1 aliphatic heterocycles. The van der Waals surface area contributed by atoms with Crippen LogP contribution in [0.3, 0.4) is 0 Å². The molecule has 0 aliphatic carbocycles. The number of fused-ring (bicyclic) bond motifs is 1. The fourth-order valence-electron chi connectivity index (χ4n) is 5.16. The number of nitrogens with zero attached hydrogens (tertiary/aromatic N) is 4. The summed E-state index contributed by atoms with van der Waals surface area (Å²) in [7, 11) is 0. The number of amides is 2. The third-order valence-corrected chi connectivity index (χ3v) is 7.37. The van der Waals surface area contributed by atoms with E-state index in [2.05, 4.69) is 21.7 Å². The lowest BCUT2D eigenvalue weighted by Gasteiger charge is -2.29. The van der Waals surface area contributed by atoms with Gasteiger partial charge in [0.15, 0.2) is 11.6 Å². The maximum absolute atomic E-state index is 14.0. The summed E-state index contributed by atoms with van der Waals surface area (Å²) in [5, 5.41) is 5.98. The van der Waals surface area contributed by atoms with Crippen LogP contribution in [0.5, 0.6) is 0 Å². The number of anilines is 2. The van der Waals surface area contributed by atoms with Gasteiger partial charge in [-0.3, -0.25) is 9.78 Å². The van der Waals surface area contributed by atoms with Crippen LogP contribution in [0.25, 0.3) is 5.69 Å². The first-order valence-electron chi connectivity index (χ1n) is 13.9. The number of pyridine rings is 1. The second-order valence-electron chi connectivity index (χ2n) is 10.2. The molecule has 10 heteroatoms. The van der Waals surface area contributed by atoms with E-state index in [9.17, 15) is 18.4 Å². The number of benzene rings is 3. The highest BCUT2D eigenvalue weighted by Crippen LogP contribution is 2.22. The zero-order valence-corrected chi connectivity index (χ0v) is 23.1. The number of carbonyl (C=O) groups is 1. The van der Waals surface area contributed by atoms with Crippen LogP contribution in [-0.4, -0.2) is 32.0 Å². The summed E-state index contributed by atoms with van der Waals surface area (Å²) >= 11 is 0. The molecule has 0 saturated heterocycles. The summed E-state index contributed by atoms with van der Waals surface area (Å²) in [6, 6.07) is 23.9. The van der Waals surface area contributed by atoms with Gasteiger partial charge in [0.05, 0.1) is 23.5 Å². The summed E-state index contributed by atoms with van der Waals surface area (Å²) in [5.41, 5.74) is 4.79. The molecule has 0 atom stereocenters. The van der Waals surface area contributed by atoms with Gasteiger partial charge in [0.1, 0.15) is 0 Å². The van der Waals surface area contributed by atoms with E-state index in [-0.39, 0.29) is 17.8 Å². The lowest BCUT2D eigenvalue weighted by molar-refractivity contribution is 0.205. The van der Waals surface area contributed by atoms with E-state index in [0.717, 1.165) is 35.2 Å². The zero-order valence-electron chi connectivity index (χ0n) is 23.1. The van der Waals surface area contributed by atoms with Crippen molar-refractivity contribution < 1.29 is 13.6 Å². The van der Waals surface area contributed by atoms with Crippen LogP contribution in [-0.2, 0) is 25.9 Å². The van der Waals surface area contributed by atoms with Gasteiger partial charge in [0, 0.05) is 43.7 Å². The van der Waals surface area contributed by atoms with Crippen molar-refractivity contribution in [1.29, 1.82) is 0 Å². The Labute approximate surface area is 246 Å². The van der Waals surface area contributed by atoms with E-state index in [0.29, 0.717) is 42.4 Å². The first kappa shape index (κ1) is 27.8. The van der Waals surface area contributed by atoms with Crippen molar-refractivity contribution in [3.8, 4) is 5.69 Å². The van der Waals surface area contributed by atoms with E-state index >= 15 is 0 Å². The van der Waals surface area contributed by atoms with Gasteiger partial charge < -0.3 is 15.5 Å². The lowest BCUT2D eigenvalue weighted by Crippen LogP contribution is -2.43. The molecule has 8 nitrogen and oxygen atoms in total. The number of carbonyl (C=O) groups excluding carboxylic acids is 1. The van der Waals surface area contributed by atoms with Crippen molar-refractivity contribution in [3.63, 3.8) is 0 Å². The molecule has 1 aliphatic rings. The van der Waals surface area contributed by atoms with Gasteiger partial charge in [-0.05, 0) is 53.4 Å². The second kappa shape index (κ2) is 12.2. The Bertz CT molecular complexity index is 1830. The summed E-state index contributed by atoms with van der Waals surface area (Å²) in [5.74, 6) is -1.65.